The molecule has 1 aromatic carbocycles. The molecule has 0 aliphatic heterocycles. The Hall–Kier alpha value is -0.380. The molecule has 1 atom stereocenters. The predicted octanol–water partition coefficient (Wildman–Crippen LogP) is 4.07. The van der Waals surface area contributed by atoms with E-state index in [0.717, 1.165) is 10.9 Å². The molecule has 0 unspecified atom stereocenters. The van der Waals surface area contributed by atoms with Crippen molar-refractivity contribution >= 4 is 37.4 Å². The van der Waals surface area contributed by atoms with E-state index in [-0.39, 0.29) is 6.04 Å². The van der Waals surface area contributed by atoms with Crippen LogP contribution in [0.3, 0.4) is 0 Å². The molecular formula is C11H12BrNS. The highest BCUT2D eigenvalue weighted by atomic mass is 79.9. The molecule has 14 heavy (non-hydrogen) atoms. The Morgan fingerprint density at radius 1 is 1.43 bits per heavy atom. The number of rotatable bonds is 2. The Morgan fingerprint density at radius 2 is 2.21 bits per heavy atom. The maximum atomic E-state index is 5.99. The van der Waals surface area contributed by atoms with Crippen LogP contribution in [-0.4, -0.2) is 0 Å². The van der Waals surface area contributed by atoms with E-state index < -0.39 is 0 Å². The lowest BCUT2D eigenvalue weighted by Gasteiger charge is -2.02. The van der Waals surface area contributed by atoms with E-state index >= 15 is 0 Å². The fraction of sp³-hybridized carbons (Fsp3) is 0.273. The Balaban J connectivity index is 2.51. The van der Waals surface area contributed by atoms with Crippen molar-refractivity contribution in [3.8, 4) is 0 Å². The minimum absolute atomic E-state index is 0.186. The number of nitrogens with two attached hydrogens (primary N) is 1. The first-order valence-electron chi connectivity index (χ1n) is 4.65. The molecule has 3 heteroatoms. The average molecular weight is 270 g/mol. The average Bonchev–Trinajstić information content (AvgIpc) is 2.59. The molecule has 74 valence electrons. The molecule has 2 aromatic rings. The van der Waals surface area contributed by atoms with Gasteiger partial charge in [-0.05, 0) is 36.1 Å². The number of thiophene rings is 1. The number of hydrogen-bond acceptors (Lipinski definition) is 2. The van der Waals surface area contributed by atoms with Crippen molar-refractivity contribution < 1.29 is 0 Å². The number of fused-ring (bicyclic) bond motifs is 1. The lowest BCUT2D eigenvalue weighted by atomic mass is 10.2. The molecule has 0 aliphatic carbocycles. The van der Waals surface area contributed by atoms with Gasteiger partial charge in [0.1, 0.15) is 0 Å². The zero-order valence-electron chi connectivity index (χ0n) is 7.96. The van der Waals surface area contributed by atoms with Crippen LogP contribution in [0.15, 0.2) is 28.7 Å². The van der Waals surface area contributed by atoms with Gasteiger partial charge in [-0.15, -0.1) is 11.3 Å². The van der Waals surface area contributed by atoms with Gasteiger partial charge in [-0.1, -0.05) is 22.9 Å². The third kappa shape index (κ3) is 1.85. The molecule has 2 rings (SSSR count). The largest absolute Gasteiger partial charge is 0.323 e. The van der Waals surface area contributed by atoms with Crippen molar-refractivity contribution in [1.29, 1.82) is 0 Å². The Bertz CT molecular complexity index is 449. The van der Waals surface area contributed by atoms with Crippen LogP contribution in [0.1, 0.15) is 24.3 Å². The summed E-state index contributed by atoms with van der Waals surface area (Å²) in [5.74, 6) is 0. The highest BCUT2D eigenvalue weighted by Gasteiger charge is 2.07. The van der Waals surface area contributed by atoms with Crippen LogP contribution in [0.25, 0.3) is 10.1 Å². The van der Waals surface area contributed by atoms with Gasteiger partial charge in [0.2, 0.25) is 0 Å². The monoisotopic (exact) mass is 269 g/mol. The molecule has 0 saturated heterocycles. The summed E-state index contributed by atoms with van der Waals surface area (Å²) in [4.78, 5) is 1.28. The van der Waals surface area contributed by atoms with Gasteiger partial charge in [0, 0.05) is 20.1 Å². The van der Waals surface area contributed by atoms with E-state index in [9.17, 15) is 0 Å². The first kappa shape index (κ1) is 10.1. The SMILES string of the molecule is CC[C@H](N)c1cc2cc(Br)ccc2s1. The summed E-state index contributed by atoms with van der Waals surface area (Å²) in [6.45, 7) is 2.12. The van der Waals surface area contributed by atoms with Crippen molar-refractivity contribution in [3.05, 3.63) is 33.6 Å². The lowest BCUT2D eigenvalue weighted by molar-refractivity contribution is 0.712. The maximum absolute atomic E-state index is 5.99. The molecule has 0 radical (unpaired) electrons. The molecule has 0 fully saturated rings. The highest BCUT2D eigenvalue weighted by molar-refractivity contribution is 9.10. The Labute approximate surface area is 96.1 Å². The zero-order chi connectivity index (χ0) is 10.1. The van der Waals surface area contributed by atoms with Crippen LogP contribution in [-0.2, 0) is 0 Å². The van der Waals surface area contributed by atoms with Crippen molar-refractivity contribution in [1.82, 2.24) is 0 Å². The fourth-order valence-electron chi connectivity index (χ4n) is 1.42. The molecule has 0 spiro atoms. The van der Waals surface area contributed by atoms with E-state index in [4.69, 9.17) is 5.73 Å². The number of benzene rings is 1. The Morgan fingerprint density at radius 3 is 2.93 bits per heavy atom. The molecule has 1 heterocycles. The summed E-state index contributed by atoms with van der Waals surface area (Å²) in [6, 6.07) is 8.72. The van der Waals surface area contributed by atoms with Crippen molar-refractivity contribution in [2.75, 3.05) is 0 Å². The van der Waals surface area contributed by atoms with Crippen LogP contribution in [0.4, 0.5) is 0 Å². The van der Waals surface area contributed by atoms with Crippen LogP contribution in [0, 0.1) is 0 Å². The Kier molecular flexibility index (Phi) is 2.91. The first-order chi connectivity index (χ1) is 6.70. The molecule has 0 amide bonds. The van der Waals surface area contributed by atoms with E-state index in [0.29, 0.717) is 0 Å². The van der Waals surface area contributed by atoms with Crippen molar-refractivity contribution in [2.45, 2.75) is 19.4 Å². The van der Waals surface area contributed by atoms with Crippen molar-refractivity contribution in [2.24, 2.45) is 5.73 Å². The predicted molar refractivity (Wildman–Crippen MR) is 66.7 cm³/mol. The summed E-state index contributed by atoms with van der Waals surface area (Å²) in [6.07, 6.45) is 0.994. The number of hydrogen-bond donors (Lipinski definition) is 1. The summed E-state index contributed by atoms with van der Waals surface area (Å²) in [5.41, 5.74) is 5.99. The molecule has 0 saturated carbocycles. The molecule has 2 N–H and O–H groups in total. The zero-order valence-corrected chi connectivity index (χ0v) is 10.4. The molecule has 1 aromatic heterocycles. The van der Waals surface area contributed by atoms with Crippen molar-refractivity contribution in [3.63, 3.8) is 0 Å². The van der Waals surface area contributed by atoms with E-state index in [2.05, 4.69) is 47.1 Å². The third-order valence-electron chi connectivity index (χ3n) is 2.30. The maximum Gasteiger partial charge on any atom is 0.0387 e. The van der Waals surface area contributed by atoms with Gasteiger partial charge in [-0.3, -0.25) is 0 Å². The summed E-state index contributed by atoms with van der Waals surface area (Å²) >= 11 is 5.26. The normalized spacial score (nSPS) is 13.4. The van der Waals surface area contributed by atoms with Gasteiger partial charge in [0.25, 0.3) is 0 Å². The highest BCUT2D eigenvalue weighted by Crippen LogP contribution is 2.31. The van der Waals surface area contributed by atoms with Crippen LogP contribution >= 0.6 is 27.3 Å². The standard InChI is InChI=1S/C11H12BrNS/c1-2-9(13)11-6-7-5-8(12)3-4-10(7)14-11/h3-6,9H,2,13H2,1H3/t9-/m0/s1. The summed E-state index contributed by atoms with van der Waals surface area (Å²) in [5, 5.41) is 1.28. The second-order valence-electron chi connectivity index (χ2n) is 3.35. The molecular weight excluding hydrogens is 258 g/mol. The fourth-order valence-corrected chi connectivity index (χ4v) is 2.93. The third-order valence-corrected chi connectivity index (χ3v) is 4.04. The second-order valence-corrected chi connectivity index (χ2v) is 5.38. The van der Waals surface area contributed by atoms with Gasteiger partial charge in [-0.25, -0.2) is 0 Å². The minimum Gasteiger partial charge on any atom is -0.323 e. The second kappa shape index (κ2) is 4.01. The van der Waals surface area contributed by atoms with Gasteiger partial charge in [-0.2, -0.15) is 0 Å². The van der Waals surface area contributed by atoms with Gasteiger partial charge in [0.05, 0.1) is 0 Å². The van der Waals surface area contributed by atoms with E-state index in [1.165, 1.54) is 15.0 Å². The molecule has 0 aliphatic rings. The minimum atomic E-state index is 0.186. The molecule has 1 nitrogen and oxygen atoms in total. The first-order valence-corrected chi connectivity index (χ1v) is 6.26. The van der Waals surface area contributed by atoms with Gasteiger partial charge in [0.15, 0.2) is 0 Å². The van der Waals surface area contributed by atoms with Gasteiger partial charge >= 0.3 is 0 Å². The van der Waals surface area contributed by atoms with E-state index in [1.807, 2.05) is 0 Å². The van der Waals surface area contributed by atoms with Crippen LogP contribution in [0.5, 0.6) is 0 Å². The molecule has 0 bridgehead atoms. The van der Waals surface area contributed by atoms with E-state index in [1.54, 1.807) is 11.3 Å². The summed E-state index contributed by atoms with van der Waals surface area (Å²) < 4.78 is 2.44. The van der Waals surface area contributed by atoms with Crippen LogP contribution in [0.2, 0.25) is 0 Å². The topological polar surface area (TPSA) is 26.0 Å². The van der Waals surface area contributed by atoms with Crippen LogP contribution < -0.4 is 5.73 Å². The summed E-state index contributed by atoms with van der Waals surface area (Å²) in [7, 11) is 0. The lowest BCUT2D eigenvalue weighted by Crippen LogP contribution is -2.05. The smallest absolute Gasteiger partial charge is 0.0387 e. The number of halogens is 1. The quantitative estimate of drug-likeness (QED) is 0.874. The van der Waals surface area contributed by atoms with Gasteiger partial charge < -0.3 is 5.73 Å².